The van der Waals surface area contributed by atoms with Crippen LogP contribution >= 0.6 is 0 Å². The first kappa shape index (κ1) is 17.5. The molecule has 0 saturated carbocycles. The summed E-state index contributed by atoms with van der Waals surface area (Å²) >= 11 is 0. The summed E-state index contributed by atoms with van der Waals surface area (Å²) in [6.07, 6.45) is 1.09. The molecule has 0 amide bonds. The molecule has 1 heterocycles. The fourth-order valence-corrected chi connectivity index (χ4v) is 2.82. The number of hydrogen-bond donors (Lipinski definition) is 1. The van der Waals surface area contributed by atoms with Gasteiger partial charge in [0.25, 0.3) is 0 Å². The van der Waals surface area contributed by atoms with Crippen molar-refractivity contribution in [1.29, 1.82) is 0 Å². The highest BCUT2D eigenvalue weighted by molar-refractivity contribution is 5.99. The van der Waals surface area contributed by atoms with Crippen molar-refractivity contribution < 1.29 is 4.79 Å². The molecule has 0 fully saturated rings. The molecule has 3 heteroatoms. The quantitative estimate of drug-likeness (QED) is 0.613. The maximum Gasteiger partial charge on any atom is 0.178 e. The first-order valence-corrected chi connectivity index (χ1v) is 8.40. The Bertz CT molecular complexity index is 666. The fourth-order valence-electron chi connectivity index (χ4n) is 2.82. The van der Waals surface area contributed by atoms with E-state index in [1.165, 1.54) is 5.56 Å². The van der Waals surface area contributed by atoms with Crippen LogP contribution in [0.15, 0.2) is 30.3 Å². The van der Waals surface area contributed by atoms with Crippen molar-refractivity contribution in [3.05, 3.63) is 52.8 Å². The van der Waals surface area contributed by atoms with Gasteiger partial charge in [-0.3, -0.25) is 4.79 Å². The van der Waals surface area contributed by atoms with Crippen LogP contribution in [0.4, 0.5) is 0 Å². The van der Waals surface area contributed by atoms with Gasteiger partial charge in [0.2, 0.25) is 0 Å². The van der Waals surface area contributed by atoms with E-state index in [1.807, 2.05) is 13.0 Å². The van der Waals surface area contributed by atoms with E-state index in [4.69, 9.17) is 0 Å². The van der Waals surface area contributed by atoms with Crippen molar-refractivity contribution in [3.8, 4) is 5.69 Å². The Morgan fingerprint density at radius 2 is 1.78 bits per heavy atom. The predicted molar refractivity (Wildman–Crippen MR) is 96.6 cm³/mol. The number of nitrogens with zero attached hydrogens (tertiary/aromatic N) is 1. The Kier molecular flexibility index (Phi) is 5.78. The number of ketones is 1. The lowest BCUT2D eigenvalue weighted by Crippen LogP contribution is -2.25. The van der Waals surface area contributed by atoms with Gasteiger partial charge in [-0.2, -0.15) is 0 Å². The van der Waals surface area contributed by atoms with Crippen LogP contribution in [0.2, 0.25) is 0 Å². The van der Waals surface area contributed by atoms with Gasteiger partial charge < -0.3 is 9.88 Å². The van der Waals surface area contributed by atoms with Crippen LogP contribution in [0.1, 0.15) is 47.6 Å². The molecule has 1 aromatic carbocycles. The summed E-state index contributed by atoms with van der Waals surface area (Å²) in [6, 6.07) is 10.4. The van der Waals surface area contributed by atoms with Crippen molar-refractivity contribution in [2.45, 2.75) is 41.0 Å². The molecule has 0 atom stereocenters. The number of Topliss-reactive ketones (excluding diaryl/α,β-unsaturated/α-hetero) is 1. The van der Waals surface area contributed by atoms with Gasteiger partial charge in [-0.1, -0.05) is 31.5 Å². The lowest BCUT2D eigenvalue weighted by Gasteiger charge is -2.10. The number of rotatable bonds is 7. The topological polar surface area (TPSA) is 34.0 Å². The summed E-state index contributed by atoms with van der Waals surface area (Å²) in [5, 5.41) is 3.26. The number of hydrogen-bond acceptors (Lipinski definition) is 2. The Morgan fingerprint density at radius 1 is 1.13 bits per heavy atom. The summed E-state index contributed by atoms with van der Waals surface area (Å²) < 4.78 is 2.15. The van der Waals surface area contributed by atoms with Gasteiger partial charge >= 0.3 is 0 Å². The average molecular weight is 312 g/mol. The average Bonchev–Trinajstić information content (AvgIpc) is 2.79. The molecule has 124 valence electrons. The second-order valence-corrected chi connectivity index (χ2v) is 6.74. The number of carbonyl (C=O) groups excluding carboxylic acids is 1. The SMILES string of the molecule is Cc1ccc(-n2c(C)cc(C(=O)CNCCC(C)C)c2C)cc1. The number of aryl methyl sites for hydroxylation is 2. The molecule has 0 aliphatic heterocycles. The summed E-state index contributed by atoms with van der Waals surface area (Å²) in [5.74, 6) is 0.824. The van der Waals surface area contributed by atoms with Crippen LogP contribution in [0.3, 0.4) is 0 Å². The molecule has 2 rings (SSSR count). The third-order valence-electron chi connectivity index (χ3n) is 4.21. The van der Waals surface area contributed by atoms with E-state index in [0.29, 0.717) is 12.5 Å². The Hall–Kier alpha value is -1.87. The minimum atomic E-state index is 0.167. The first-order chi connectivity index (χ1) is 10.9. The second-order valence-electron chi connectivity index (χ2n) is 6.74. The molecule has 0 aliphatic carbocycles. The van der Waals surface area contributed by atoms with Gasteiger partial charge in [0.1, 0.15) is 0 Å². The smallest absolute Gasteiger partial charge is 0.178 e. The van der Waals surface area contributed by atoms with Crippen molar-refractivity contribution in [3.63, 3.8) is 0 Å². The number of nitrogens with one attached hydrogen (secondary N) is 1. The highest BCUT2D eigenvalue weighted by atomic mass is 16.1. The van der Waals surface area contributed by atoms with Gasteiger partial charge in [0.15, 0.2) is 5.78 Å². The van der Waals surface area contributed by atoms with Gasteiger partial charge in [0.05, 0.1) is 6.54 Å². The zero-order valence-electron chi connectivity index (χ0n) is 14.9. The van der Waals surface area contributed by atoms with Crippen molar-refractivity contribution >= 4 is 5.78 Å². The lowest BCUT2D eigenvalue weighted by atomic mass is 10.1. The molecule has 0 bridgehead atoms. The van der Waals surface area contributed by atoms with Crippen LogP contribution in [0, 0.1) is 26.7 Å². The minimum Gasteiger partial charge on any atom is -0.318 e. The highest BCUT2D eigenvalue weighted by Gasteiger charge is 2.16. The van der Waals surface area contributed by atoms with Crippen LogP contribution in [-0.2, 0) is 0 Å². The number of aromatic nitrogens is 1. The van der Waals surface area contributed by atoms with Gasteiger partial charge in [0, 0.05) is 22.6 Å². The van der Waals surface area contributed by atoms with Crippen molar-refractivity contribution in [1.82, 2.24) is 9.88 Å². The molecule has 0 saturated heterocycles. The van der Waals surface area contributed by atoms with E-state index < -0.39 is 0 Å². The van der Waals surface area contributed by atoms with Gasteiger partial charge in [-0.25, -0.2) is 0 Å². The Morgan fingerprint density at radius 3 is 2.39 bits per heavy atom. The zero-order chi connectivity index (χ0) is 17.0. The maximum absolute atomic E-state index is 12.5. The van der Waals surface area contributed by atoms with E-state index in [1.54, 1.807) is 0 Å². The monoisotopic (exact) mass is 312 g/mol. The summed E-state index contributed by atoms with van der Waals surface area (Å²) in [5.41, 5.74) is 5.28. The van der Waals surface area contributed by atoms with Crippen LogP contribution in [0.5, 0.6) is 0 Å². The van der Waals surface area contributed by atoms with E-state index in [9.17, 15) is 4.79 Å². The molecule has 0 radical (unpaired) electrons. The molecule has 0 spiro atoms. The standard InChI is InChI=1S/C20H28N2O/c1-14(2)10-11-21-13-20(23)19-12-16(4)22(17(19)5)18-8-6-15(3)7-9-18/h6-9,12,14,21H,10-11,13H2,1-5H3. The van der Waals surface area contributed by atoms with Crippen molar-refractivity contribution in [2.24, 2.45) is 5.92 Å². The van der Waals surface area contributed by atoms with Gasteiger partial charge in [-0.05, 0) is 57.9 Å². The molecule has 3 nitrogen and oxygen atoms in total. The molecule has 2 aromatic rings. The summed E-state index contributed by atoms with van der Waals surface area (Å²) in [7, 11) is 0. The molecule has 1 N–H and O–H groups in total. The van der Waals surface area contributed by atoms with Gasteiger partial charge in [-0.15, -0.1) is 0 Å². The minimum absolute atomic E-state index is 0.167. The molecule has 23 heavy (non-hydrogen) atoms. The van der Waals surface area contributed by atoms with Crippen LogP contribution in [0.25, 0.3) is 5.69 Å². The summed E-state index contributed by atoms with van der Waals surface area (Å²) in [6.45, 7) is 11.8. The largest absolute Gasteiger partial charge is 0.318 e. The predicted octanol–water partition coefficient (Wildman–Crippen LogP) is 4.22. The Balaban J connectivity index is 2.14. The van der Waals surface area contributed by atoms with E-state index in [-0.39, 0.29) is 5.78 Å². The van der Waals surface area contributed by atoms with E-state index in [2.05, 4.69) is 61.8 Å². The zero-order valence-corrected chi connectivity index (χ0v) is 14.9. The Labute approximate surface area is 139 Å². The second kappa shape index (κ2) is 7.60. The van der Waals surface area contributed by atoms with E-state index >= 15 is 0 Å². The first-order valence-electron chi connectivity index (χ1n) is 8.40. The third kappa shape index (κ3) is 4.32. The molecular weight excluding hydrogens is 284 g/mol. The highest BCUT2D eigenvalue weighted by Crippen LogP contribution is 2.21. The van der Waals surface area contributed by atoms with E-state index in [0.717, 1.165) is 35.6 Å². The maximum atomic E-state index is 12.5. The molecular formula is C20H28N2O. The third-order valence-corrected chi connectivity index (χ3v) is 4.21. The molecule has 1 aromatic heterocycles. The normalized spacial score (nSPS) is 11.2. The number of benzene rings is 1. The number of carbonyl (C=O) groups is 1. The summed E-state index contributed by atoms with van der Waals surface area (Å²) in [4.78, 5) is 12.5. The van der Waals surface area contributed by atoms with Crippen LogP contribution in [-0.4, -0.2) is 23.4 Å². The fraction of sp³-hybridized carbons (Fsp3) is 0.450. The molecule has 0 aliphatic rings. The van der Waals surface area contributed by atoms with Crippen molar-refractivity contribution in [2.75, 3.05) is 13.1 Å². The lowest BCUT2D eigenvalue weighted by molar-refractivity contribution is 0.0990. The van der Waals surface area contributed by atoms with Crippen LogP contribution < -0.4 is 5.32 Å². The molecule has 0 unspecified atom stereocenters.